The number of thiocarbonyl (C=S) groups is 1. The zero-order chi connectivity index (χ0) is 18.1. The van der Waals surface area contributed by atoms with Gasteiger partial charge < -0.3 is 25.0 Å². The van der Waals surface area contributed by atoms with Crippen molar-refractivity contribution in [3.8, 4) is 5.75 Å². The zero-order valence-electron chi connectivity index (χ0n) is 15.0. The number of carbonyl (C=O) groups is 1. The molecule has 1 amide bonds. The number of nitrogens with zero attached hydrogens (tertiary/aromatic N) is 1. The standard InChI is InChI=1S/C18H27N3O3S/c1-3-24-12-6-10-19-18(25)20-14-8-9-16(23-2)15(13-14)21-11-5-4-7-17(21)22/h8-9,13H,3-7,10-12H2,1-2H3,(H2,19,20,25). The van der Waals surface area contributed by atoms with Crippen LogP contribution in [0.2, 0.25) is 0 Å². The molecule has 0 spiro atoms. The number of hydrogen-bond acceptors (Lipinski definition) is 4. The summed E-state index contributed by atoms with van der Waals surface area (Å²) < 4.78 is 10.7. The molecule has 6 nitrogen and oxygen atoms in total. The first-order valence-electron chi connectivity index (χ1n) is 8.76. The monoisotopic (exact) mass is 365 g/mol. The highest BCUT2D eigenvalue weighted by molar-refractivity contribution is 7.80. The Hall–Kier alpha value is -1.86. The number of rotatable bonds is 8. The lowest BCUT2D eigenvalue weighted by Crippen LogP contribution is -2.35. The summed E-state index contributed by atoms with van der Waals surface area (Å²) in [6, 6.07) is 5.67. The normalized spacial score (nSPS) is 14.3. The van der Waals surface area contributed by atoms with Gasteiger partial charge in [-0.15, -0.1) is 0 Å². The van der Waals surface area contributed by atoms with Gasteiger partial charge >= 0.3 is 0 Å². The number of hydrogen-bond donors (Lipinski definition) is 2. The molecular formula is C18H27N3O3S. The average molecular weight is 365 g/mol. The summed E-state index contributed by atoms with van der Waals surface area (Å²) >= 11 is 5.32. The maximum absolute atomic E-state index is 12.2. The van der Waals surface area contributed by atoms with Crippen molar-refractivity contribution in [1.82, 2.24) is 5.32 Å². The van der Waals surface area contributed by atoms with E-state index >= 15 is 0 Å². The van der Waals surface area contributed by atoms with E-state index in [0.29, 0.717) is 17.3 Å². The van der Waals surface area contributed by atoms with Crippen LogP contribution in [0.25, 0.3) is 0 Å². The molecule has 1 aromatic rings. The van der Waals surface area contributed by atoms with Crippen molar-refractivity contribution in [2.24, 2.45) is 0 Å². The summed E-state index contributed by atoms with van der Waals surface area (Å²) in [5, 5.41) is 6.87. The molecule has 0 bridgehead atoms. The van der Waals surface area contributed by atoms with E-state index in [1.807, 2.05) is 25.1 Å². The van der Waals surface area contributed by atoms with E-state index in [9.17, 15) is 4.79 Å². The number of methoxy groups -OCH3 is 1. The van der Waals surface area contributed by atoms with Gasteiger partial charge in [0.1, 0.15) is 5.75 Å². The molecule has 0 unspecified atom stereocenters. The quantitative estimate of drug-likeness (QED) is 0.546. The molecule has 0 aromatic heterocycles. The van der Waals surface area contributed by atoms with Crippen LogP contribution in [0, 0.1) is 0 Å². The van der Waals surface area contributed by atoms with E-state index in [4.69, 9.17) is 21.7 Å². The maximum Gasteiger partial charge on any atom is 0.227 e. The molecule has 1 aromatic carbocycles. The van der Waals surface area contributed by atoms with E-state index in [1.165, 1.54) is 0 Å². The maximum atomic E-state index is 12.2. The molecule has 2 N–H and O–H groups in total. The van der Waals surface area contributed by atoms with E-state index < -0.39 is 0 Å². The average Bonchev–Trinajstić information content (AvgIpc) is 2.62. The number of amides is 1. The van der Waals surface area contributed by atoms with Crippen LogP contribution in [-0.4, -0.2) is 44.4 Å². The van der Waals surface area contributed by atoms with Gasteiger partial charge in [0, 0.05) is 38.4 Å². The molecule has 1 fully saturated rings. The van der Waals surface area contributed by atoms with Gasteiger partial charge in [-0.3, -0.25) is 4.79 Å². The van der Waals surface area contributed by atoms with E-state index in [0.717, 1.165) is 56.9 Å². The highest BCUT2D eigenvalue weighted by atomic mass is 32.1. The number of ether oxygens (including phenoxy) is 2. The van der Waals surface area contributed by atoms with Crippen molar-refractivity contribution in [3.63, 3.8) is 0 Å². The molecule has 0 atom stereocenters. The van der Waals surface area contributed by atoms with Crippen molar-refractivity contribution >= 4 is 34.6 Å². The molecular weight excluding hydrogens is 338 g/mol. The summed E-state index contributed by atoms with van der Waals surface area (Å²) in [6.07, 6.45) is 3.43. The Labute approximate surface area is 154 Å². The predicted octanol–water partition coefficient (Wildman–Crippen LogP) is 2.93. The van der Waals surface area contributed by atoms with Gasteiger partial charge in [0.15, 0.2) is 5.11 Å². The first-order valence-corrected chi connectivity index (χ1v) is 9.17. The summed E-state index contributed by atoms with van der Waals surface area (Å²) in [7, 11) is 1.62. The number of carbonyl (C=O) groups excluding carboxylic acids is 1. The minimum absolute atomic E-state index is 0.137. The lowest BCUT2D eigenvalue weighted by molar-refractivity contribution is -0.119. The number of benzene rings is 1. The molecule has 1 heterocycles. The van der Waals surface area contributed by atoms with Crippen LogP contribution in [-0.2, 0) is 9.53 Å². The van der Waals surface area contributed by atoms with Crippen LogP contribution < -0.4 is 20.3 Å². The van der Waals surface area contributed by atoms with Crippen molar-refractivity contribution in [3.05, 3.63) is 18.2 Å². The van der Waals surface area contributed by atoms with Gasteiger partial charge in [-0.1, -0.05) is 0 Å². The van der Waals surface area contributed by atoms with Crippen LogP contribution in [0.1, 0.15) is 32.6 Å². The molecule has 25 heavy (non-hydrogen) atoms. The van der Waals surface area contributed by atoms with Crippen molar-refractivity contribution < 1.29 is 14.3 Å². The molecule has 1 aliphatic heterocycles. The fraction of sp³-hybridized carbons (Fsp3) is 0.556. The Balaban J connectivity index is 1.98. The first-order chi connectivity index (χ1) is 12.2. The van der Waals surface area contributed by atoms with E-state index in [1.54, 1.807) is 12.0 Å². The molecule has 1 saturated heterocycles. The Bertz CT molecular complexity index is 595. The van der Waals surface area contributed by atoms with E-state index in [2.05, 4.69) is 10.6 Å². The number of nitrogens with one attached hydrogen (secondary N) is 2. The summed E-state index contributed by atoms with van der Waals surface area (Å²) in [5.74, 6) is 0.828. The fourth-order valence-corrected chi connectivity index (χ4v) is 2.95. The Kier molecular flexibility index (Phi) is 7.94. The second-order valence-electron chi connectivity index (χ2n) is 5.82. The number of piperidine rings is 1. The van der Waals surface area contributed by atoms with Crippen LogP contribution >= 0.6 is 12.2 Å². The third kappa shape index (κ3) is 5.86. The lowest BCUT2D eigenvalue weighted by Gasteiger charge is -2.28. The SMILES string of the molecule is CCOCCCNC(=S)Nc1ccc(OC)c(N2CCCCC2=O)c1. The highest BCUT2D eigenvalue weighted by Crippen LogP contribution is 2.33. The van der Waals surface area contributed by atoms with E-state index in [-0.39, 0.29) is 5.91 Å². The zero-order valence-corrected chi connectivity index (χ0v) is 15.8. The molecule has 7 heteroatoms. The van der Waals surface area contributed by atoms with Gasteiger partial charge in [-0.05, 0) is 56.6 Å². The third-order valence-electron chi connectivity index (χ3n) is 4.01. The van der Waals surface area contributed by atoms with Gasteiger partial charge in [0.05, 0.1) is 12.8 Å². The van der Waals surface area contributed by atoms with Crippen LogP contribution in [0.3, 0.4) is 0 Å². The van der Waals surface area contributed by atoms with Crippen molar-refractivity contribution in [2.45, 2.75) is 32.6 Å². The first kappa shape index (κ1) is 19.5. The smallest absolute Gasteiger partial charge is 0.227 e. The van der Waals surface area contributed by atoms with Gasteiger partial charge in [-0.25, -0.2) is 0 Å². The highest BCUT2D eigenvalue weighted by Gasteiger charge is 2.22. The fourth-order valence-electron chi connectivity index (χ4n) is 2.74. The minimum Gasteiger partial charge on any atom is -0.495 e. The van der Waals surface area contributed by atoms with Crippen LogP contribution in [0.5, 0.6) is 5.75 Å². The molecule has 0 aliphatic carbocycles. The predicted molar refractivity (Wildman–Crippen MR) is 105 cm³/mol. The molecule has 0 radical (unpaired) electrons. The van der Waals surface area contributed by atoms with Crippen LogP contribution in [0.15, 0.2) is 18.2 Å². The third-order valence-corrected chi connectivity index (χ3v) is 4.25. The van der Waals surface area contributed by atoms with Gasteiger partial charge in [0.2, 0.25) is 5.91 Å². The van der Waals surface area contributed by atoms with Gasteiger partial charge in [-0.2, -0.15) is 0 Å². The summed E-state index contributed by atoms with van der Waals surface area (Å²) in [6.45, 7) is 4.90. The Morgan fingerprint density at radius 2 is 2.20 bits per heavy atom. The second-order valence-corrected chi connectivity index (χ2v) is 6.23. The summed E-state index contributed by atoms with van der Waals surface area (Å²) in [4.78, 5) is 14.0. The van der Waals surface area contributed by atoms with Crippen molar-refractivity contribution in [2.75, 3.05) is 43.6 Å². The topological polar surface area (TPSA) is 62.8 Å². The lowest BCUT2D eigenvalue weighted by atomic mass is 10.1. The molecule has 138 valence electrons. The van der Waals surface area contributed by atoms with Crippen LogP contribution in [0.4, 0.5) is 11.4 Å². The molecule has 2 rings (SSSR count). The molecule has 0 saturated carbocycles. The van der Waals surface area contributed by atoms with Crippen molar-refractivity contribution in [1.29, 1.82) is 0 Å². The van der Waals surface area contributed by atoms with Gasteiger partial charge in [0.25, 0.3) is 0 Å². The second kappa shape index (κ2) is 10.2. The Morgan fingerprint density at radius 3 is 2.92 bits per heavy atom. The Morgan fingerprint density at radius 1 is 1.36 bits per heavy atom. The largest absolute Gasteiger partial charge is 0.495 e. The molecule has 1 aliphatic rings. The minimum atomic E-state index is 0.137. The summed E-state index contributed by atoms with van der Waals surface area (Å²) in [5.41, 5.74) is 1.62. The number of anilines is 2.